The van der Waals surface area contributed by atoms with Crippen molar-refractivity contribution >= 4 is 16.7 Å². The minimum atomic E-state index is -0.465. The topological polar surface area (TPSA) is 64.3 Å². The Labute approximate surface area is 125 Å². The van der Waals surface area contributed by atoms with E-state index in [-0.39, 0.29) is 6.61 Å². The Morgan fingerprint density at radius 1 is 1.24 bits per heavy atom. The molecular weight excluding hydrogens is 264 g/mol. The minimum absolute atomic E-state index is 0.0969. The Hall–Kier alpha value is -2.07. The number of amides is 1. The SMILES string of the molecule is CCCCNCc1c(OCC(N)=O)ccc2ccccc12. The molecule has 0 bridgehead atoms. The number of nitrogens with two attached hydrogens (primary N) is 1. The van der Waals surface area contributed by atoms with Crippen molar-refractivity contribution < 1.29 is 9.53 Å². The van der Waals surface area contributed by atoms with Gasteiger partial charge in [-0.1, -0.05) is 43.7 Å². The van der Waals surface area contributed by atoms with E-state index in [1.165, 1.54) is 0 Å². The summed E-state index contributed by atoms with van der Waals surface area (Å²) in [5.74, 6) is 0.254. The van der Waals surface area contributed by atoms with E-state index in [1.807, 2.05) is 24.3 Å². The lowest BCUT2D eigenvalue weighted by atomic mass is 10.0. The molecule has 0 atom stereocenters. The number of ether oxygens (including phenoxy) is 1. The molecule has 0 fully saturated rings. The van der Waals surface area contributed by atoms with E-state index in [1.54, 1.807) is 0 Å². The molecule has 0 aliphatic carbocycles. The summed E-state index contributed by atoms with van der Waals surface area (Å²) in [5, 5.41) is 5.73. The molecule has 3 N–H and O–H groups in total. The average Bonchev–Trinajstić information content (AvgIpc) is 2.50. The van der Waals surface area contributed by atoms with Crippen LogP contribution in [-0.2, 0) is 11.3 Å². The third-order valence-corrected chi connectivity index (χ3v) is 3.38. The van der Waals surface area contributed by atoms with Crippen molar-refractivity contribution in [3.8, 4) is 5.75 Å². The number of hydrogen-bond donors (Lipinski definition) is 2. The monoisotopic (exact) mass is 286 g/mol. The Bertz CT molecular complexity index is 611. The summed E-state index contributed by atoms with van der Waals surface area (Å²) in [6.45, 7) is 3.76. The van der Waals surface area contributed by atoms with Gasteiger partial charge in [0.25, 0.3) is 5.91 Å². The predicted molar refractivity (Wildman–Crippen MR) is 85.3 cm³/mol. The lowest BCUT2D eigenvalue weighted by molar-refractivity contribution is -0.119. The largest absolute Gasteiger partial charge is 0.483 e. The van der Waals surface area contributed by atoms with Crippen molar-refractivity contribution in [2.45, 2.75) is 26.3 Å². The molecule has 0 aliphatic rings. The van der Waals surface area contributed by atoms with E-state index in [2.05, 4.69) is 24.4 Å². The minimum Gasteiger partial charge on any atom is -0.483 e. The summed E-state index contributed by atoms with van der Waals surface area (Å²) in [4.78, 5) is 10.9. The zero-order valence-corrected chi connectivity index (χ0v) is 12.4. The Kier molecular flexibility index (Phi) is 5.58. The molecule has 1 amide bonds. The summed E-state index contributed by atoms with van der Waals surface area (Å²) in [5.41, 5.74) is 6.24. The van der Waals surface area contributed by atoms with Gasteiger partial charge in [-0.3, -0.25) is 4.79 Å². The molecular formula is C17H22N2O2. The fraction of sp³-hybridized carbons (Fsp3) is 0.353. The standard InChI is InChI=1S/C17H22N2O2/c1-2-3-10-19-11-15-14-7-5-4-6-13(14)8-9-16(15)21-12-17(18)20/h4-9,19H,2-3,10-12H2,1H3,(H2,18,20). The van der Waals surface area contributed by atoms with Crippen LogP contribution >= 0.6 is 0 Å². The number of hydrogen-bond acceptors (Lipinski definition) is 3. The van der Waals surface area contributed by atoms with Gasteiger partial charge in [-0.2, -0.15) is 0 Å². The van der Waals surface area contributed by atoms with Gasteiger partial charge in [0.2, 0.25) is 0 Å². The fourth-order valence-electron chi connectivity index (χ4n) is 2.30. The van der Waals surface area contributed by atoms with Gasteiger partial charge in [0.15, 0.2) is 6.61 Å². The lowest BCUT2D eigenvalue weighted by Crippen LogP contribution is -2.21. The first-order valence-corrected chi connectivity index (χ1v) is 7.34. The van der Waals surface area contributed by atoms with Crippen LogP contribution in [0.1, 0.15) is 25.3 Å². The Balaban J connectivity index is 2.25. The van der Waals surface area contributed by atoms with Gasteiger partial charge in [-0.05, 0) is 29.8 Å². The molecule has 0 heterocycles. The van der Waals surface area contributed by atoms with Gasteiger partial charge >= 0.3 is 0 Å². The highest BCUT2D eigenvalue weighted by Gasteiger charge is 2.09. The van der Waals surface area contributed by atoms with E-state index >= 15 is 0 Å². The summed E-state index contributed by atoms with van der Waals surface area (Å²) >= 11 is 0. The molecule has 4 nitrogen and oxygen atoms in total. The van der Waals surface area contributed by atoms with E-state index < -0.39 is 5.91 Å². The Morgan fingerprint density at radius 2 is 2.05 bits per heavy atom. The number of rotatable bonds is 8. The molecule has 4 heteroatoms. The molecule has 2 aromatic rings. The zero-order valence-electron chi connectivity index (χ0n) is 12.4. The van der Waals surface area contributed by atoms with Crippen LogP contribution in [0.4, 0.5) is 0 Å². The first-order chi connectivity index (χ1) is 10.2. The van der Waals surface area contributed by atoms with Crippen LogP contribution in [0.3, 0.4) is 0 Å². The highest BCUT2D eigenvalue weighted by Crippen LogP contribution is 2.28. The molecule has 21 heavy (non-hydrogen) atoms. The summed E-state index contributed by atoms with van der Waals surface area (Å²) < 4.78 is 5.55. The molecule has 2 rings (SSSR count). The van der Waals surface area contributed by atoms with Crippen molar-refractivity contribution in [3.05, 3.63) is 42.0 Å². The van der Waals surface area contributed by atoms with Crippen LogP contribution in [0.25, 0.3) is 10.8 Å². The average molecular weight is 286 g/mol. The van der Waals surface area contributed by atoms with Gasteiger partial charge in [0.1, 0.15) is 5.75 Å². The van der Waals surface area contributed by atoms with Gasteiger partial charge in [0, 0.05) is 12.1 Å². The second-order valence-corrected chi connectivity index (χ2v) is 5.05. The normalized spacial score (nSPS) is 10.7. The van der Waals surface area contributed by atoms with Crippen LogP contribution in [0.2, 0.25) is 0 Å². The highest BCUT2D eigenvalue weighted by atomic mass is 16.5. The van der Waals surface area contributed by atoms with Crippen LogP contribution < -0.4 is 15.8 Å². The number of nitrogens with one attached hydrogen (secondary N) is 1. The van der Waals surface area contributed by atoms with E-state index in [9.17, 15) is 4.79 Å². The molecule has 0 saturated heterocycles. The first-order valence-electron chi connectivity index (χ1n) is 7.34. The molecule has 0 spiro atoms. The summed E-state index contributed by atoms with van der Waals surface area (Å²) in [6.07, 6.45) is 2.30. The van der Waals surface area contributed by atoms with Gasteiger partial charge < -0.3 is 15.8 Å². The van der Waals surface area contributed by atoms with Crippen molar-refractivity contribution in [3.63, 3.8) is 0 Å². The van der Waals surface area contributed by atoms with Gasteiger partial charge in [-0.15, -0.1) is 0 Å². The van der Waals surface area contributed by atoms with Crippen LogP contribution in [-0.4, -0.2) is 19.1 Å². The van der Waals surface area contributed by atoms with E-state index in [0.717, 1.165) is 48.0 Å². The van der Waals surface area contributed by atoms with E-state index in [0.29, 0.717) is 0 Å². The van der Waals surface area contributed by atoms with Crippen molar-refractivity contribution in [1.29, 1.82) is 0 Å². The summed E-state index contributed by atoms with van der Waals surface area (Å²) in [6, 6.07) is 12.1. The molecule has 0 aliphatic heterocycles. The maximum absolute atomic E-state index is 10.9. The number of benzene rings is 2. The third kappa shape index (κ3) is 4.20. The maximum Gasteiger partial charge on any atom is 0.255 e. The fourth-order valence-corrected chi connectivity index (χ4v) is 2.30. The first kappa shape index (κ1) is 15.3. The predicted octanol–water partition coefficient (Wildman–Crippen LogP) is 2.59. The second kappa shape index (κ2) is 7.64. The van der Waals surface area contributed by atoms with Crippen molar-refractivity contribution in [2.24, 2.45) is 5.73 Å². The van der Waals surface area contributed by atoms with E-state index in [4.69, 9.17) is 10.5 Å². The van der Waals surface area contributed by atoms with Crippen molar-refractivity contribution in [2.75, 3.05) is 13.2 Å². The number of primary amides is 1. The molecule has 0 radical (unpaired) electrons. The maximum atomic E-state index is 10.9. The quantitative estimate of drug-likeness (QED) is 0.733. The molecule has 0 saturated carbocycles. The molecule has 2 aromatic carbocycles. The van der Waals surface area contributed by atoms with Crippen LogP contribution in [0.5, 0.6) is 5.75 Å². The smallest absolute Gasteiger partial charge is 0.255 e. The zero-order chi connectivity index (χ0) is 15.1. The lowest BCUT2D eigenvalue weighted by Gasteiger charge is -2.14. The number of carbonyl (C=O) groups excluding carboxylic acids is 1. The molecule has 0 unspecified atom stereocenters. The highest BCUT2D eigenvalue weighted by molar-refractivity contribution is 5.88. The number of unbranched alkanes of at least 4 members (excludes halogenated alkanes) is 1. The van der Waals surface area contributed by atoms with Gasteiger partial charge in [0.05, 0.1) is 0 Å². The molecule has 0 aromatic heterocycles. The molecule has 112 valence electrons. The van der Waals surface area contributed by atoms with Crippen molar-refractivity contribution in [1.82, 2.24) is 5.32 Å². The van der Waals surface area contributed by atoms with Crippen LogP contribution in [0.15, 0.2) is 36.4 Å². The van der Waals surface area contributed by atoms with Gasteiger partial charge in [-0.25, -0.2) is 0 Å². The number of carbonyl (C=O) groups is 1. The third-order valence-electron chi connectivity index (χ3n) is 3.38. The second-order valence-electron chi connectivity index (χ2n) is 5.05. The summed E-state index contributed by atoms with van der Waals surface area (Å²) in [7, 11) is 0. The Morgan fingerprint density at radius 3 is 2.81 bits per heavy atom. The number of fused-ring (bicyclic) bond motifs is 1. The van der Waals surface area contributed by atoms with Crippen LogP contribution in [0, 0.1) is 0 Å².